The van der Waals surface area contributed by atoms with Crippen LogP contribution in [0.25, 0.3) is 0 Å². The molecule has 0 saturated carbocycles. The minimum atomic E-state index is -3.20. The summed E-state index contributed by atoms with van der Waals surface area (Å²) in [4.78, 5) is 29.6. The van der Waals surface area contributed by atoms with Crippen LogP contribution in [-0.2, 0) is 14.5 Å². The van der Waals surface area contributed by atoms with E-state index >= 15 is 0 Å². The molecule has 0 aliphatic carbocycles. The van der Waals surface area contributed by atoms with Crippen LogP contribution in [0.15, 0.2) is 48.6 Å². The molecule has 0 aliphatic rings. The van der Waals surface area contributed by atoms with Crippen molar-refractivity contribution in [2.45, 2.75) is 179 Å². The Bertz CT molecular complexity index is 792. The van der Waals surface area contributed by atoms with Gasteiger partial charge in [-0.1, -0.05) is 127 Å². The summed E-state index contributed by atoms with van der Waals surface area (Å²) in [5, 5.41) is 40.8. The minimum absolute atomic E-state index is 0.149. The topological polar surface area (TPSA) is 124 Å². The van der Waals surface area contributed by atoms with Crippen molar-refractivity contribution in [3.8, 4) is 0 Å². The summed E-state index contributed by atoms with van der Waals surface area (Å²) in [5.41, 5.74) is -2.93. The number of carbonyl (C=O) groups is 2. The fourth-order valence-electron chi connectivity index (χ4n) is 5.31. The number of carbonyl (C=O) groups excluding carboxylic acids is 2. The number of rotatable bonds is 33. The Balaban J connectivity index is 4.24. The van der Waals surface area contributed by atoms with Crippen molar-refractivity contribution in [1.82, 2.24) is 0 Å². The van der Waals surface area contributed by atoms with Gasteiger partial charge in [0.2, 0.25) is 5.60 Å². The first-order valence-electron chi connectivity index (χ1n) is 18.4. The van der Waals surface area contributed by atoms with Crippen LogP contribution in [0, 0.1) is 0 Å². The molecule has 0 bridgehead atoms. The number of allylic oxidation sites excluding steroid dienone is 8. The van der Waals surface area contributed by atoms with Gasteiger partial charge in [-0.3, -0.25) is 9.59 Å². The third kappa shape index (κ3) is 20.4. The molecule has 0 aromatic carbocycles. The summed E-state index contributed by atoms with van der Waals surface area (Å²) in [6, 6.07) is 0. The van der Waals surface area contributed by atoms with Gasteiger partial charge < -0.3 is 15.3 Å². The fourth-order valence-corrected chi connectivity index (χ4v) is 5.31. The average molecular weight is 649 g/mol. The zero-order valence-electron chi connectivity index (χ0n) is 29.3. The van der Waals surface area contributed by atoms with E-state index in [1.807, 2.05) is 0 Å². The number of aliphatic hydroxyl groups is 3. The SMILES string of the molecule is CCCCC/C=C\C/C=C\CCCCCCCC(=O)C(O)(CO)C(O)(OO)C(=O)CCCCCCC/C=C\C/C=C\CCCCC. The highest BCUT2D eigenvalue weighted by molar-refractivity contribution is 5.98. The van der Waals surface area contributed by atoms with Gasteiger partial charge in [0.1, 0.15) is 0 Å². The molecule has 0 spiro atoms. The van der Waals surface area contributed by atoms with Crippen LogP contribution in [0.1, 0.15) is 168 Å². The number of unbranched alkanes of at least 4 members (excludes halogenated alkanes) is 16. The molecule has 2 atom stereocenters. The van der Waals surface area contributed by atoms with Crippen molar-refractivity contribution < 1.29 is 35.1 Å². The number of aliphatic hydroxyl groups excluding tert-OH is 1. The van der Waals surface area contributed by atoms with Gasteiger partial charge in [-0.15, -0.1) is 0 Å². The van der Waals surface area contributed by atoms with Crippen LogP contribution < -0.4 is 0 Å². The van der Waals surface area contributed by atoms with Crippen LogP contribution in [0.5, 0.6) is 0 Å². The number of hydrogen-bond acceptors (Lipinski definition) is 7. The van der Waals surface area contributed by atoms with E-state index in [-0.39, 0.29) is 12.8 Å². The summed E-state index contributed by atoms with van der Waals surface area (Å²) < 4.78 is 0. The zero-order chi connectivity index (χ0) is 34.2. The molecule has 7 heteroatoms. The maximum Gasteiger partial charge on any atom is 0.296 e. The molecule has 7 nitrogen and oxygen atoms in total. The van der Waals surface area contributed by atoms with Gasteiger partial charge in [0.25, 0.3) is 5.79 Å². The molecule has 0 radical (unpaired) electrons. The van der Waals surface area contributed by atoms with E-state index < -0.39 is 29.6 Å². The molecule has 0 amide bonds. The quantitative estimate of drug-likeness (QED) is 0.0184. The molecule has 0 aromatic rings. The highest BCUT2D eigenvalue weighted by atomic mass is 17.1. The molecule has 0 heterocycles. The second-order valence-corrected chi connectivity index (χ2v) is 12.6. The third-order valence-corrected chi connectivity index (χ3v) is 8.47. The summed E-state index contributed by atoms with van der Waals surface area (Å²) in [6.45, 7) is 3.18. The van der Waals surface area contributed by atoms with Gasteiger partial charge >= 0.3 is 0 Å². The Hall–Kier alpha value is -1.90. The summed E-state index contributed by atoms with van der Waals surface area (Å²) in [7, 11) is 0. The van der Waals surface area contributed by atoms with Gasteiger partial charge in [-0.2, -0.15) is 4.89 Å². The highest BCUT2D eigenvalue weighted by Gasteiger charge is 2.60. The molecule has 266 valence electrons. The van der Waals surface area contributed by atoms with E-state index in [0.29, 0.717) is 12.8 Å². The van der Waals surface area contributed by atoms with Crippen LogP contribution in [0.4, 0.5) is 0 Å². The van der Waals surface area contributed by atoms with Crippen molar-refractivity contribution in [3.63, 3.8) is 0 Å². The molecule has 0 rings (SSSR count). The van der Waals surface area contributed by atoms with Crippen LogP contribution in [-0.4, -0.2) is 50.1 Å². The van der Waals surface area contributed by atoms with E-state index in [4.69, 9.17) is 0 Å². The largest absolute Gasteiger partial charge is 0.393 e. The van der Waals surface area contributed by atoms with E-state index in [0.717, 1.165) is 89.9 Å². The molecule has 4 N–H and O–H groups in total. The lowest BCUT2D eigenvalue weighted by Gasteiger charge is -2.37. The zero-order valence-corrected chi connectivity index (χ0v) is 29.3. The summed E-state index contributed by atoms with van der Waals surface area (Å²) in [6.07, 6.45) is 39.3. The monoisotopic (exact) mass is 648 g/mol. The molecule has 2 unspecified atom stereocenters. The maximum atomic E-state index is 12.8. The lowest BCUT2D eigenvalue weighted by molar-refractivity contribution is -0.410. The smallest absolute Gasteiger partial charge is 0.296 e. The number of ketones is 2. The molecule has 0 aromatic heterocycles. The number of hydrogen-bond donors (Lipinski definition) is 4. The second kappa shape index (κ2) is 30.4. The highest BCUT2D eigenvalue weighted by Crippen LogP contribution is 2.29. The fraction of sp³-hybridized carbons (Fsp3) is 0.744. The van der Waals surface area contributed by atoms with Crippen LogP contribution >= 0.6 is 0 Å². The Morgan fingerprint density at radius 1 is 0.522 bits per heavy atom. The standard InChI is InChI=1S/C39H68O7/c1-3-5-7-9-11-13-15-17-19-21-23-25-27-29-31-33-36(41)38(43,35-40)39(44,46-45)37(42)34-32-30-28-26-24-22-20-18-16-14-12-10-8-6-4-2/h11-14,17-20,40,43-45H,3-10,15-16,21-35H2,1-2H3/b13-11-,14-12-,19-17-,20-18-. The normalized spacial score (nSPS) is 15.0. The Morgan fingerprint density at radius 3 is 1.24 bits per heavy atom. The van der Waals surface area contributed by atoms with E-state index in [1.54, 1.807) is 0 Å². The van der Waals surface area contributed by atoms with Gasteiger partial charge in [-0.25, -0.2) is 5.26 Å². The first-order valence-corrected chi connectivity index (χ1v) is 18.4. The summed E-state index contributed by atoms with van der Waals surface area (Å²) in [5.74, 6) is -5.15. The van der Waals surface area contributed by atoms with Gasteiger partial charge in [0.05, 0.1) is 6.61 Å². The van der Waals surface area contributed by atoms with Crippen molar-refractivity contribution >= 4 is 11.6 Å². The van der Waals surface area contributed by atoms with Crippen LogP contribution in [0.3, 0.4) is 0 Å². The average Bonchev–Trinajstić information content (AvgIpc) is 3.07. The molecular weight excluding hydrogens is 580 g/mol. The van der Waals surface area contributed by atoms with Crippen molar-refractivity contribution in [2.24, 2.45) is 0 Å². The lowest BCUT2D eigenvalue weighted by Crippen LogP contribution is -2.66. The van der Waals surface area contributed by atoms with E-state index in [2.05, 4.69) is 67.3 Å². The maximum absolute atomic E-state index is 12.8. The first-order chi connectivity index (χ1) is 22.3. The van der Waals surface area contributed by atoms with Crippen LogP contribution in [0.2, 0.25) is 0 Å². The molecular formula is C39H68O7. The predicted octanol–water partition coefficient (Wildman–Crippen LogP) is 9.65. The molecule has 46 heavy (non-hydrogen) atoms. The second-order valence-electron chi connectivity index (χ2n) is 12.6. The lowest BCUT2D eigenvalue weighted by atomic mass is 9.82. The Labute approximate surface area is 280 Å². The van der Waals surface area contributed by atoms with E-state index in [1.165, 1.54) is 38.5 Å². The molecule has 0 fully saturated rings. The van der Waals surface area contributed by atoms with E-state index in [9.17, 15) is 30.2 Å². The van der Waals surface area contributed by atoms with Crippen molar-refractivity contribution in [1.29, 1.82) is 0 Å². The van der Waals surface area contributed by atoms with Gasteiger partial charge in [-0.05, 0) is 77.0 Å². The first kappa shape index (κ1) is 44.1. The van der Waals surface area contributed by atoms with Crippen molar-refractivity contribution in [3.05, 3.63) is 48.6 Å². The third-order valence-electron chi connectivity index (χ3n) is 8.47. The Kier molecular flexibility index (Phi) is 29.2. The summed E-state index contributed by atoms with van der Waals surface area (Å²) >= 11 is 0. The molecule has 0 aliphatic heterocycles. The molecule has 0 saturated heterocycles. The number of Topliss-reactive ketones (excluding diaryl/α,β-unsaturated/α-hetero) is 2. The van der Waals surface area contributed by atoms with Crippen molar-refractivity contribution in [2.75, 3.05) is 6.61 Å². The minimum Gasteiger partial charge on any atom is -0.393 e. The predicted molar refractivity (Wildman–Crippen MR) is 189 cm³/mol. The van der Waals surface area contributed by atoms with Gasteiger partial charge in [0.15, 0.2) is 11.6 Å². The van der Waals surface area contributed by atoms with Gasteiger partial charge in [0, 0.05) is 12.8 Å². The Morgan fingerprint density at radius 2 is 0.870 bits per heavy atom.